The van der Waals surface area contributed by atoms with Crippen molar-refractivity contribution in [3.63, 3.8) is 0 Å². The summed E-state index contributed by atoms with van der Waals surface area (Å²) in [5, 5.41) is 6.11. The van der Waals surface area contributed by atoms with Gasteiger partial charge in [0.05, 0.1) is 13.2 Å². The number of alkyl carbamates (subject to hydrolysis) is 1. The second kappa shape index (κ2) is 6.81. The number of amidine groups is 1. The number of rotatable bonds is 4. The molecule has 1 amide bonds. The average molecular weight is 303 g/mol. The molecule has 0 saturated heterocycles. The molecule has 0 fully saturated rings. The quantitative estimate of drug-likeness (QED) is 0.898. The lowest BCUT2D eigenvalue weighted by Crippen LogP contribution is -2.41. The van der Waals surface area contributed by atoms with Gasteiger partial charge in [-0.2, -0.15) is 0 Å². The van der Waals surface area contributed by atoms with Gasteiger partial charge in [0.15, 0.2) is 0 Å². The van der Waals surface area contributed by atoms with Gasteiger partial charge in [0.25, 0.3) is 0 Å². The van der Waals surface area contributed by atoms with Gasteiger partial charge in [-0.15, -0.1) is 0 Å². The maximum absolute atomic E-state index is 11.6. The van der Waals surface area contributed by atoms with Crippen LogP contribution in [0.25, 0.3) is 0 Å². The molecule has 0 radical (unpaired) electrons. The highest BCUT2D eigenvalue weighted by molar-refractivity contribution is 6.00. The van der Waals surface area contributed by atoms with Crippen LogP contribution in [0.5, 0.6) is 0 Å². The number of amides is 1. The van der Waals surface area contributed by atoms with Gasteiger partial charge >= 0.3 is 6.09 Å². The van der Waals surface area contributed by atoms with E-state index < -0.39 is 0 Å². The molecule has 22 heavy (non-hydrogen) atoms. The minimum absolute atomic E-state index is 0.273. The smallest absolute Gasteiger partial charge is 0.407 e. The Labute approximate surface area is 132 Å². The van der Waals surface area contributed by atoms with Crippen molar-refractivity contribution in [3.05, 3.63) is 35.4 Å². The largest absolute Gasteiger partial charge is 0.449 e. The molecule has 1 unspecified atom stereocenters. The third-order valence-corrected chi connectivity index (χ3v) is 3.23. The van der Waals surface area contributed by atoms with Crippen molar-refractivity contribution in [2.45, 2.75) is 45.7 Å². The van der Waals surface area contributed by atoms with Crippen molar-refractivity contribution in [1.29, 1.82) is 0 Å². The van der Waals surface area contributed by atoms with Gasteiger partial charge in [-0.05, 0) is 33.3 Å². The second-order valence-corrected chi connectivity index (χ2v) is 6.69. The lowest BCUT2D eigenvalue weighted by atomic mass is 10.1. The van der Waals surface area contributed by atoms with Gasteiger partial charge in [-0.3, -0.25) is 4.99 Å². The minimum atomic E-state index is -0.373. The van der Waals surface area contributed by atoms with Crippen LogP contribution in [0.2, 0.25) is 0 Å². The van der Waals surface area contributed by atoms with Crippen LogP contribution in [0.15, 0.2) is 29.3 Å². The minimum Gasteiger partial charge on any atom is -0.449 e. The number of hydrogen-bond donors (Lipinski definition) is 2. The van der Waals surface area contributed by atoms with Crippen molar-refractivity contribution >= 4 is 11.9 Å². The van der Waals surface area contributed by atoms with Crippen molar-refractivity contribution in [2.24, 2.45) is 4.99 Å². The molecule has 0 aromatic heterocycles. The fourth-order valence-corrected chi connectivity index (χ4v) is 2.16. The first-order valence-corrected chi connectivity index (χ1v) is 7.69. The maximum atomic E-state index is 11.6. The summed E-state index contributed by atoms with van der Waals surface area (Å²) >= 11 is 0. The fraction of sp³-hybridized carbons (Fsp3) is 0.529. The van der Waals surface area contributed by atoms with E-state index in [4.69, 9.17) is 4.74 Å². The summed E-state index contributed by atoms with van der Waals surface area (Å²) in [5.74, 6) is 0.958. The summed E-state index contributed by atoms with van der Waals surface area (Å²) in [6, 6.07) is 8.61. The third-order valence-electron chi connectivity index (χ3n) is 3.23. The zero-order valence-electron chi connectivity index (χ0n) is 13.8. The molecule has 0 aliphatic carbocycles. The Kier molecular flexibility index (Phi) is 5.06. The Morgan fingerprint density at radius 3 is 2.59 bits per heavy atom. The highest BCUT2D eigenvalue weighted by Crippen LogP contribution is 2.09. The van der Waals surface area contributed by atoms with Gasteiger partial charge in [0.1, 0.15) is 5.84 Å². The third kappa shape index (κ3) is 5.06. The molecule has 1 aliphatic heterocycles. The molecule has 1 heterocycles. The summed E-state index contributed by atoms with van der Waals surface area (Å²) in [4.78, 5) is 16.0. The topological polar surface area (TPSA) is 62.7 Å². The number of hydrogen-bond acceptors (Lipinski definition) is 4. The Bertz CT molecular complexity index is 544. The fourth-order valence-electron chi connectivity index (χ4n) is 2.16. The Morgan fingerprint density at radius 1 is 1.36 bits per heavy atom. The van der Waals surface area contributed by atoms with E-state index in [1.54, 1.807) is 0 Å². The van der Waals surface area contributed by atoms with Crippen LogP contribution >= 0.6 is 0 Å². The van der Waals surface area contributed by atoms with Gasteiger partial charge in [-0.25, -0.2) is 4.79 Å². The van der Waals surface area contributed by atoms with E-state index in [0.717, 1.165) is 23.5 Å². The van der Waals surface area contributed by atoms with E-state index in [9.17, 15) is 4.79 Å². The first-order valence-electron chi connectivity index (χ1n) is 7.69. The van der Waals surface area contributed by atoms with E-state index >= 15 is 0 Å². The molecule has 5 nitrogen and oxygen atoms in total. The average Bonchev–Trinajstić information content (AvgIpc) is 2.84. The number of benzene rings is 1. The molecule has 2 rings (SSSR count). The van der Waals surface area contributed by atoms with Crippen molar-refractivity contribution in [1.82, 2.24) is 10.6 Å². The lowest BCUT2D eigenvalue weighted by molar-refractivity contribution is 0.139. The van der Waals surface area contributed by atoms with Crippen molar-refractivity contribution in [2.75, 3.05) is 13.2 Å². The molecule has 120 valence electrons. The molecule has 1 atom stereocenters. The number of aliphatic imine (C=N–C) groups is 1. The van der Waals surface area contributed by atoms with Crippen LogP contribution in [0.1, 0.15) is 38.8 Å². The monoisotopic (exact) mass is 303 g/mol. The van der Waals surface area contributed by atoms with E-state index in [1.807, 2.05) is 32.9 Å². The van der Waals surface area contributed by atoms with Gasteiger partial charge < -0.3 is 15.4 Å². The van der Waals surface area contributed by atoms with E-state index in [-0.39, 0.29) is 11.6 Å². The SMILES string of the molecule is CC1CN=C(c2ccc(CCOC(=O)NC(C)(C)C)cc2)N1. The zero-order chi connectivity index (χ0) is 16.2. The first-order chi connectivity index (χ1) is 10.3. The number of carbonyl (C=O) groups excluding carboxylic acids is 1. The zero-order valence-corrected chi connectivity index (χ0v) is 13.8. The first kappa shape index (κ1) is 16.3. The Balaban J connectivity index is 1.79. The number of ether oxygens (including phenoxy) is 1. The van der Waals surface area contributed by atoms with Crippen LogP contribution in [-0.2, 0) is 11.2 Å². The summed E-state index contributed by atoms with van der Waals surface area (Å²) in [5.41, 5.74) is 1.96. The molecule has 2 N–H and O–H groups in total. The predicted octanol–water partition coefficient (Wildman–Crippen LogP) is 2.49. The standard InChI is InChI=1S/C17H25N3O2/c1-12-11-18-15(19-12)14-7-5-13(6-8-14)9-10-22-16(21)20-17(2,3)4/h5-8,12H,9-11H2,1-4H3,(H,18,19)(H,20,21). The molecule has 1 aliphatic rings. The summed E-state index contributed by atoms with van der Waals surface area (Å²) in [7, 11) is 0. The maximum Gasteiger partial charge on any atom is 0.407 e. The number of nitrogens with one attached hydrogen (secondary N) is 2. The van der Waals surface area contributed by atoms with E-state index in [1.165, 1.54) is 0 Å². The summed E-state index contributed by atoms with van der Waals surface area (Å²) in [6.45, 7) is 9.09. The number of nitrogens with zero attached hydrogens (tertiary/aromatic N) is 1. The molecular weight excluding hydrogens is 278 g/mol. The van der Waals surface area contributed by atoms with Crippen LogP contribution < -0.4 is 10.6 Å². The molecule has 1 aromatic carbocycles. The normalized spacial score (nSPS) is 17.6. The van der Waals surface area contributed by atoms with Crippen LogP contribution in [0, 0.1) is 0 Å². The number of carbonyl (C=O) groups is 1. The predicted molar refractivity (Wildman–Crippen MR) is 88.4 cm³/mol. The molecule has 0 saturated carbocycles. The Morgan fingerprint density at radius 2 is 2.05 bits per heavy atom. The molecule has 0 spiro atoms. The van der Waals surface area contributed by atoms with E-state index in [0.29, 0.717) is 19.1 Å². The summed E-state index contributed by atoms with van der Waals surface area (Å²) < 4.78 is 5.18. The van der Waals surface area contributed by atoms with Crippen molar-refractivity contribution < 1.29 is 9.53 Å². The van der Waals surface area contributed by atoms with Crippen LogP contribution in [-0.4, -0.2) is 36.7 Å². The molecule has 1 aromatic rings. The molecular formula is C17H25N3O2. The van der Waals surface area contributed by atoms with Gasteiger partial charge in [0, 0.05) is 23.6 Å². The highest BCUT2D eigenvalue weighted by atomic mass is 16.5. The van der Waals surface area contributed by atoms with Crippen LogP contribution in [0.4, 0.5) is 4.79 Å². The van der Waals surface area contributed by atoms with Crippen LogP contribution in [0.3, 0.4) is 0 Å². The molecule has 5 heteroatoms. The van der Waals surface area contributed by atoms with E-state index in [2.05, 4.69) is 34.7 Å². The Hall–Kier alpha value is -2.04. The molecule has 0 bridgehead atoms. The van der Waals surface area contributed by atoms with Gasteiger partial charge in [0.2, 0.25) is 0 Å². The second-order valence-electron chi connectivity index (χ2n) is 6.69. The summed E-state index contributed by atoms with van der Waals surface area (Å²) in [6.07, 6.45) is 0.330. The van der Waals surface area contributed by atoms with Gasteiger partial charge in [-0.1, -0.05) is 24.3 Å². The lowest BCUT2D eigenvalue weighted by Gasteiger charge is -2.19. The van der Waals surface area contributed by atoms with Crippen molar-refractivity contribution in [3.8, 4) is 0 Å². The highest BCUT2D eigenvalue weighted by Gasteiger charge is 2.15.